The van der Waals surface area contributed by atoms with E-state index in [9.17, 15) is 9.90 Å². The van der Waals surface area contributed by atoms with E-state index in [1.54, 1.807) is 0 Å². The van der Waals surface area contributed by atoms with E-state index in [1.807, 2.05) is 30.5 Å². The summed E-state index contributed by atoms with van der Waals surface area (Å²) < 4.78 is 6.94. The topological polar surface area (TPSA) is 105 Å². The van der Waals surface area contributed by atoms with Crippen LogP contribution in [0.3, 0.4) is 0 Å². The van der Waals surface area contributed by atoms with Crippen molar-refractivity contribution in [2.75, 3.05) is 19.8 Å². The van der Waals surface area contributed by atoms with Crippen LogP contribution in [0.25, 0.3) is 22.3 Å². The van der Waals surface area contributed by atoms with Crippen molar-refractivity contribution >= 4 is 16.9 Å². The first-order valence-corrected chi connectivity index (χ1v) is 8.24. The van der Waals surface area contributed by atoms with Crippen molar-refractivity contribution in [2.45, 2.75) is 19.0 Å². The molecule has 0 amide bonds. The number of rotatable bonds is 5. The Balaban J connectivity index is 1.69. The molecule has 8 nitrogen and oxygen atoms in total. The molecule has 0 saturated carbocycles. The smallest absolute Gasteiger partial charge is 0.325 e. The third kappa shape index (κ3) is 3.26. The van der Waals surface area contributed by atoms with E-state index in [4.69, 9.17) is 4.74 Å². The van der Waals surface area contributed by atoms with Crippen LogP contribution in [0.5, 0.6) is 0 Å². The van der Waals surface area contributed by atoms with Gasteiger partial charge in [0.05, 0.1) is 13.2 Å². The molecule has 3 heterocycles. The Morgan fingerprint density at radius 1 is 1.40 bits per heavy atom. The molecule has 1 aliphatic rings. The lowest BCUT2D eigenvalue weighted by molar-refractivity contribution is -0.137. The number of aromatic amines is 1. The zero-order chi connectivity index (χ0) is 17.2. The van der Waals surface area contributed by atoms with Gasteiger partial charge in [-0.25, -0.2) is 9.67 Å². The minimum atomic E-state index is -0.940. The number of nitrogens with one attached hydrogen (secondary N) is 2. The number of ether oxygens (including phenoxy) is 1. The number of para-hydroxylation sites is 1. The van der Waals surface area contributed by atoms with Crippen molar-refractivity contribution in [3.8, 4) is 11.4 Å². The van der Waals surface area contributed by atoms with Gasteiger partial charge in [-0.15, -0.1) is 0 Å². The Kier molecular flexibility index (Phi) is 4.21. The number of benzene rings is 1. The first kappa shape index (κ1) is 15.8. The summed E-state index contributed by atoms with van der Waals surface area (Å²) in [5.74, 6) is 0.237. The van der Waals surface area contributed by atoms with Crippen LogP contribution in [-0.2, 0) is 22.5 Å². The highest BCUT2D eigenvalue weighted by Gasteiger charge is 2.21. The van der Waals surface area contributed by atoms with Crippen LogP contribution < -0.4 is 5.32 Å². The van der Waals surface area contributed by atoms with Crippen molar-refractivity contribution in [1.82, 2.24) is 25.1 Å². The van der Waals surface area contributed by atoms with Gasteiger partial charge in [-0.2, -0.15) is 5.10 Å². The second-order valence-corrected chi connectivity index (χ2v) is 6.08. The van der Waals surface area contributed by atoms with Crippen LogP contribution in [0.4, 0.5) is 0 Å². The third-order valence-electron chi connectivity index (χ3n) is 4.29. The third-order valence-corrected chi connectivity index (χ3v) is 4.29. The lowest BCUT2D eigenvalue weighted by atomic mass is 10.1. The van der Waals surface area contributed by atoms with Crippen molar-refractivity contribution in [3.05, 3.63) is 36.3 Å². The molecule has 0 bridgehead atoms. The lowest BCUT2D eigenvalue weighted by Crippen LogP contribution is -2.43. The first-order valence-electron chi connectivity index (χ1n) is 8.24. The van der Waals surface area contributed by atoms with E-state index >= 15 is 0 Å². The van der Waals surface area contributed by atoms with E-state index in [0.717, 1.165) is 23.0 Å². The summed E-state index contributed by atoms with van der Waals surface area (Å²) in [6.45, 7) is 1.85. The number of morpholine rings is 1. The number of H-pyrrole nitrogens is 1. The second kappa shape index (κ2) is 6.66. The number of carboxylic acids is 1. The van der Waals surface area contributed by atoms with Gasteiger partial charge in [-0.1, -0.05) is 18.2 Å². The molecule has 0 aliphatic carbocycles. The van der Waals surface area contributed by atoms with Gasteiger partial charge < -0.3 is 20.1 Å². The minimum absolute atomic E-state index is 0.112. The van der Waals surface area contributed by atoms with Gasteiger partial charge in [0.15, 0.2) is 5.82 Å². The average molecular weight is 341 g/mol. The molecule has 2 aromatic heterocycles. The summed E-state index contributed by atoms with van der Waals surface area (Å²) in [5.41, 5.74) is 1.87. The van der Waals surface area contributed by atoms with Gasteiger partial charge in [0.25, 0.3) is 0 Å². The Morgan fingerprint density at radius 2 is 2.28 bits per heavy atom. The van der Waals surface area contributed by atoms with Gasteiger partial charge in [0.1, 0.15) is 12.4 Å². The van der Waals surface area contributed by atoms with Gasteiger partial charge in [-0.3, -0.25) is 4.79 Å². The van der Waals surface area contributed by atoms with Crippen LogP contribution in [-0.4, -0.2) is 56.6 Å². The summed E-state index contributed by atoms with van der Waals surface area (Å²) in [4.78, 5) is 19.0. The number of nitrogens with zero attached hydrogens (tertiary/aromatic N) is 3. The molecule has 8 heteroatoms. The van der Waals surface area contributed by atoms with Gasteiger partial charge in [-0.05, 0) is 6.07 Å². The second-order valence-electron chi connectivity index (χ2n) is 6.08. The van der Waals surface area contributed by atoms with E-state index in [0.29, 0.717) is 31.3 Å². The quantitative estimate of drug-likeness (QED) is 0.640. The Labute approximate surface area is 143 Å². The fourth-order valence-electron chi connectivity index (χ4n) is 3.12. The van der Waals surface area contributed by atoms with Crippen molar-refractivity contribution in [1.29, 1.82) is 0 Å². The maximum atomic E-state index is 11.2. The Hall–Kier alpha value is -2.71. The molecule has 1 atom stereocenters. The van der Waals surface area contributed by atoms with Crippen molar-refractivity contribution in [2.24, 2.45) is 0 Å². The molecule has 25 heavy (non-hydrogen) atoms. The number of carbonyl (C=O) groups is 1. The van der Waals surface area contributed by atoms with E-state index in [-0.39, 0.29) is 12.6 Å². The van der Waals surface area contributed by atoms with Gasteiger partial charge in [0, 0.05) is 41.7 Å². The summed E-state index contributed by atoms with van der Waals surface area (Å²) in [6, 6.07) is 8.01. The van der Waals surface area contributed by atoms with Gasteiger partial charge in [0.2, 0.25) is 0 Å². The van der Waals surface area contributed by atoms with Crippen LogP contribution in [0.1, 0.15) is 5.82 Å². The number of aromatic nitrogens is 4. The number of carboxylic acid groups (broad SMARTS) is 1. The van der Waals surface area contributed by atoms with E-state index in [1.165, 1.54) is 4.68 Å². The molecule has 1 fully saturated rings. The highest BCUT2D eigenvalue weighted by atomic mass is 16.5. The average Bonchev–Trinajstić information content (AvgIpc) is 3.20. The molecule has 0 spiro atoms. The molecule has 3 aromatic rings. The van der Waals surface area contributed by atoms with Crippen LogP contribution in [0.15, 0.2) is 30.5 Å². The number of fused-ring (bicyclic) bond motifs is 1. The zero-order valence-electron chi connectivity index (χ0n) is 13.6. The first-order chi connectivity index (χ1) is 12.2. The molecular weight excluding hydrogens is 322 g/mol. The highest BCUT2D eigenvalue weighted by molar-refractivity contribution is 5.93. The van der Waals surface area contributed by atoms with Crippen LogP contribution >= 0.6 is 0 Å². The fourth-order valence-corrected chi connectivity index (χ4v) is 3.12. The number of hydrogen-bond donors (Lipinski definition) is 3. The van der Waals surface area contributed by atoms with Crippen LogP contribution in [0, 0.1) is 0 Å². The van der Waals surface area contributed by atoms with Crippen molar-refractivity contribution < 1.29 is 14.6 Å². The predicted octanol–water partition coefficient (Wildman–Crippen LogP) is 1.04. The fraction of sp³-hybridized carbons (Fsp3) is 0.353. The molecule has 130 valence electrons. The molecule has 1 aliphatic heterocycles. The predicted molar refractivity (Wildman–Crippen MR) is 91.3 cm³/mol. The Bertz CT molecular complexity index is 895. The standard InChI is InChI=1S/C17H19N5O3/c23-16(24)9-22-15(7-11-10-25-6-5-18-11)20-17(21-22)13-8-19-14-4-2-1-3-12(13)14/h1-4,8,11,18-19H,5-7,9-10H2,(H,23,24)/t11-/m0/s1. The summed E-state index contributed by atoms with van der Waals surface area (Å²) in [5, 5.41) is 18.0. The van der Waals surface area contributed by atoms with E-state index < -0.39 is 5.97 Å². The molecular formula is C17H19N5O3. The van der Waals surface area contributed by atoms with E-state index in [2.05, 4.69) is 20.4 Å². The van der Waals surface area contributed by atoms with Crippen molar-refractivity contribution in [3.63, 3.8) is 0 Å². The minimum Gasteiger partial charge on any atom is -0.480 e. The number of aliphatic carboxylic acids is 1. The van der Waals surface area contributed by atoms with Gasteiger partial charge >= 0.3 is 5.97 Å². The van der Waals surface area contributed by atoms with Crippen LogP contribution in [0.2, 0.25) is 0 Å². The maximum absolute atomic E-state index is 11.2. The largest absolute Gasteiger partial charge is 0.480 e. The molecule has 4 rings (SSSR count). The normalized spacial score (nSPS) is 17.8. The SMILES string of the molecule is O=C(O)Cn1nc(-c2c[nH]c3ccccc23)nc1C[C@H]1COCCN1. The molecule has 1 aromatic carbocycles. The number of hydrogen-bond acceptors (Lipinski definition) is 5. The Morgan fingerprint density at radius 3 is 3.08 bits per heavy atom. The molecule has 0 unspecified atom stereocenters. The maximum Gasteiger partial charge on any atom is 0.325 e. The summed E-state index contributed by atoms with van der Waals surface area (Å²) in [7, 11) is 0. The summed E-state index contributed by atoms with van der Waals surface area (Å²) >= 11 is 0. The monoisotopic (exact) mass is 341 g/mol. The highest BCUT2D eigenvalue weighted by Crippen LogP contribution is 2.26. The molecule has 0 radical (unpaired) electrons. The lowest BCUT2D eigenvalue weighted by Gasteiger charge is -2.23. The zero-order valence-corrected chi connectivity index (χ0v) is 13.6. The molecule has 1 saturated heterocycles. The summed E-state index contributed by atoms with van der Waals surface area (Å²) in [6.07, 6.45) is 2.43. The molecule has 3 N–H and O–H groups in total.